The summed E-state index contributed by atoms with van der Waals surface area (Å²) in [7, 11) is 0. The lowest BCUT2D eigenvalue weighted by Gasteiger charge is -2.54. The van der Waals surface area contributed by atoms with E-state index in [1.165, 1.54) is 132 Å². The molecule has 2 aromatic carbocycles. The summed E-state index contributed by atoms with van der Waals surface area (Å²) < 4.78 is 0. The third-order valence-corrected chi connectivity index (χ3v) is 17.5. The van der Waals surface area contributed by atoms with Crippen molar-refractivity contribution in [2.75, 3.05) is 0 Å². The van der Waals surface area contributed by atoms with Gasteiger partial charge in [0.25, 0.3) is 0 Å². The number of aromatic hydroxyl groups is 1. The monoisotopic (exact) mass is 777 g/mol. The second-order valence-corrected chi connectivity index (χ2v) is 21.0. The van der Waals surface area contributed by atoms with E-state index in [4.69, 9.17) is 0 Å². The van der Waals surface area contributed by atoms with E-state index < -0.39 is 0 Å². The van der Waals surface area contributed by atoms with Crippen molar-refractivity contribution in [1.82, 2.24) is 0 Å². The van der Waals surface area contributed by atoms with E-state index >= 15 is 0 Å². The molecule has 11 atom stereocenters. The molecule has 0 aromatic heterocycles. The SMILES string of the molecule is C.C=CCC1=C2c3ccc(C)cc3CCC2C2CC[C@H](C)[C@@]2(C)C1.CCCC(C)CCCCCCCC[C@H]1C[C@@]2(C)C(CC[C@@H]2O)C2CCc3cc(O)ccc3C21. The zero-order chi connectivity index (χ0) is 39.6. The van der Waals surface area contributed by atoms with Gasteiger partial charge in [0.1, 0.15) is 5.75 Å². The highest BCUT2D eigenvalue weighted by Crippen LogP contribution is 2.65. The highest BCUT2D eigenvalue weighted by Gasteiger charge is 2.57. The molecule has 6 aliphatic rings. The first-order chi connectivity index (χ1) is 27.0. The Kier molecular flexibility index (Phi) is 14.7. The second kappa shape index (κ2) is 18.9. The molecule has 3 fully saturated rings. The van der Waals surface area contributed by atoms with Gasteiger partial charge in [0.05, 0.1) is 6.10 Å². The van der Waals surface area contributed by atoms with Gasteiger partial charge in [0.2, 0.25) is 0 Å². The van der Waals surface area contributed by atoms with Gasteiger partial charge in [0.15, 0.2) is 0 Å². The molecule has 6 aliphatic carbocycles. The maximum atomic E-state index is 11.0. The van der Waals surface area contributed by atoms with Crippen LogP contribution in [0.3, 0.4) is 0 Å². The highest BCUT2D eigenvalue weighted by atomic mass is 16.3. The minimum absolute atomic E-state index is 0. The van der Waals surface area contributed by atoms with Crippen LogP contribution in [0.5, 0.6) is 5.75 Å². The number of hydrogen-bond donors (Lipinski definition) is 2. The van der Waals surface area contributed by atoms with Gasteiger partial charge in [-0.15, -0.1) is 6.58 Å². The fourth-order valence-electron chi connectivity index (χ4n) is 14.4. The number of rotatable bonds is 13. The van der Waals surface area contributed by atoms with Crippen LogP contribution in [0.1, 0.15) is 198 Å². The summed E-state index contributed by atoms with van der Waals surface area (Å²) >= 11 is 0. The molecule has 316 valence electrons. The number of benzene rings is 2. The standard InChI is InChI=1S/C31H50O2.C23H30.CH4/c1-4-11-22(2)12-9-7-5-6-8-10-13-24-21-31(3)28(18-19-29(31)33)27-16-14-23-20-25(32)15-17-26(23)30(24)27;1-5-6-18-14-23(4)16(3)8-12-21(23)20-11-9-17-13-15(2)7-10-19(17)22(18)20;/h15,17,20,22,24,27-30,32-33H,4-14,16,18-19,21H2,1-3H3;5,7,10,13,16,20-21H,1,6,8-9,11-12,14H2,2-4H3;1H4/t22?,24-,27?,28?,29-,30?,31-;16-,20?,21?,23+;/m00./s1. The molecule has 3 saturated carbocycles. The third kappa shape index (κ3) is 8.93. The third-order valence-electron chi connectivity index (χ3n) is 17.5. The Morgan fingerprint density at radius 3 is 2.35 bits per heavy atom. The first-order valence-electron chi connectivity index (χ1n) is 23.9. The minimum atomic E-state index is -0.109. The topological polar surface area (TPSA) is 40.5 Å². The number of phenolic OH excluding ortho intramolecular Hbond substituents is 1. The molecule has 2 heteroatoms. The Bertz CT molecular complexity index is 1680. The van der Waals surface area contributed by atoms with Crippen LogP contribution in [-0.4, -0.2) is 16.3 Å². The highest BCUT2D eigenvalue weighted by molar-refractivity contribution is 5.76. The summed E-state index contributed by atoms with van der Waals surface area (Å²) in [6.45, 7) is 18.5. The molecule has 0 radical (unpaired) electrons. The molecule has 57 heavy (non-hydrogen) atoms. The summed E-state index contributed by atoms with van der Waals surface area (Å²) in [5.41, 5.74) is 11.6. The number of fused-ring (bicyclic) bond motifs is 10. The predicted octanol–water partition coefficient (Wildman–Crippen LogP) is 15.4. The average Bonchev–Trinajstić information content (AvgIpc) is 3.65. The maximum Gasteiger partial charge on any atom is 0.115 e. The minimum Gasteiger partial charge on any atom is -0.508 e. The quantitative estimate of drug-likeness (QED) is 0.157. The fourth-order valence-corrected chi connectivity index (χ4v) is 14.4. The number of allylic oxidation sites excluding steroid dienone is 3. The van der Waals surface area contributed by atoms with Crippen molar-refractivity contribution in [3.05, 3.63) is 82.4 Å². The maximum absolute atomic E-state index is 11.0. The van der Waals surface area contributed by atoms with Gasteiger partial charge < -0.3 is 10.2 Å². The lowest BCUT2D eigenvalue weighted by Crippen LogP contribution is -2.47. The molecule has 2 aromatic rings. The van der Waals surface area contributed by atoms with E-state index in [0.717, 1.165) is 42.9 Å². The summed E-state index contributed by atoms with van der Waals surface area (Å²) in [6, 6.07) is 13.3. The van der Waals surface area contributed by atoms with Crippen LogP contribution in [0.25, 0.3) is 5.57 Å². The van der Waals surface area contributed by atoms with Gasteiger partial charge in [-0.2, -0.15) is 0 Å². The second-order valence-electron chi connectivity index (χ2n) is 21.0. The van der Waals surface area contributed by atoms with Crippen molar-refractivity contribution >= 4 is 5.57 Å². The molecule has 0 amide bonds. The molecule has 0 aliphatic heterocycles. The van der Waals surface area contributed by atoms with E-state index in [1.807, 2.05) is 12.1 Å². The van der Waals surface area contributed by atoms with Crippen LogP contribution in [0.4, 0.5) is 0 Å². The Hall–Kier alpha value is -2.32. The van der Waals surface area contributed by atoms with Crippen LogP contribution in [0.2, 0.25) is 0 Å². The van der Waals surface area contributed by atoms with E-state index in [1.54, 1.807) is 22.3 Å². The molecule has 2 N–H and O–H groups in total. The molecular weight excluding hydrogens is 693 g/mol. The predicted molar refractivity (Wildman–Crippen MR) is 245 cm³/mol. The normalized spacial score (nSPS) is 33.9. The smallest absolute Gasteiger partial charge is 0.115 e. The fraction of sp³-hybridized carbons (Fsp3) is 0.709. The van der Waals surface area contributed by atoms with Gasteiger partial charge in [-0.25, -0.2) is 0 Å². The Morgan fingerprint density at radius 2 is 1.58 bits per heavy atom. The number of aliphatic hydroxyl groups excluding tert-OH is 1. The summed E-state index contributed by atoms with van der Waals surface area (Å²) in [5, 5.41) is 21.0. The van der Waals surface area contributed by atoms with Crippen molar-refractivity contribution in [3.63, 3.8) is 0 Å². The summed E-state index contributed by atoms with van der Waals surface area (Å²) in [5.74, 6) is 6.60. The van der Waals surface area contributed by atoms with Crippen molar-refractivity contribution in [1.29, 1.82) is 0 Å². The average molecular weight is 777 g/mol. The molecule has 0 saturated heterocycles. The molecule has 8 rings (SSSR count). The van der Waals surface area contributed by atoms with E-state index in [-0.39, 0.29) is 18.9 Å². The van der Waals surface area contributed by atoms with E-state index in [0.29, 0.717) is 34.8 Å². The zero-order valence-corrected chi connectivity index (χ0v) is 36.7. The van der Waals surface area contributed by atoms with Gasteiger partial charge in [-0.05, 0) is 182 Å². The summed E-state index contributed by atoms with van der Waals surface area (Å²) in [6.07, 6.45) is 29.4. The Labute approximate surface area is 350 Å². The van der Waals surface area contributed by atoms with Gasteiger partial charge in [-0.3, -0.25) is 0 Å². The van der Waals surface area contributed by atoms with E-state index in [2.05, 4.69) is 78.5 Å². The lowest BCUT2D eigenvalue weighted by molar-refractivity contribution is -0.0501. The number of aliphatic hydroxyl groups is 1. The van der Waals surface area contributed by atoms with Crippen molar-refractivity contribution in [2.45, 2.75) is 196 Å². The largest absolute Gasteiger partial charge is 0.508 e. The van der Waals surface area contributed by atoms with Crippen LogP contribution in [-0.2, 0) is 12.8 Å². The van der Waals surface area contributed by atoms with Crippen molar-refractivity contribution < 1.29 is 10.2 Å². The molecule has 0 spiro atoms. The molecule has 6 unspecified atom stereocenters. The number of unbranched alkanes of at least 4 members (excludes halogenated alkanes) is 5. The molecule has 2 nitrogen and oxygen atoms in total. The molecule has 0 heterocycles. The molecular formula is C55H84O2. The van der Waals surface area contributed by atoms with Crippen LogP contribution in [0.15, 0.2) is 54.6 Å². The van der Waals surface area contributed by atoms with Crippen LogP contribution in [0, 0.1) is 59.2 Å². The number of aryl methyl sites for hydroxylation is 3. The van der Waals surface area contributed by atoms with Crippen molar-refractivity contribution in [3.8, 4) is 5.75 Å². The van der Waals surface area contributed by atoms with Crippen LogP contribution < -0.4 is 0 Å². The van der Waals surface area contributed by atoms with Crippen LogP contribution >= 0.6 is 0 Å². The first kappa shape index (κ1) is 44.2. The van der Waals surface area contributed by atoms with Crippen molar-refractivity contribution in [2.24, 2.45) is 52.3 Å². The van der Waals surface area contributed by atoms with E-state index in [9.17, 15) is 10.2 Å². The summed E-state index contributed by atoms with van der Waals surface area (Å²) in [4.78, 5) is 0. The zero-order valence-electron chi connectivity index (χ0n) is 36.7. The first-order valence-corrected chi connectivity index (χ1v) is 23.9. The van der Waals surface area contributed by atoms with Gasteiger partial charge in [0, 0.05) is 0 Å². The Balaban J connectivity index is 0.000000201. The number of phenols is 1. The lowest BCUT2D eigenvalue weighted by atomic mass is 9.51. The van der Waals surface area contributed by atoms with Gasteiger partial charge >= 0.3 is 0 Å². The van der Waals surface area contributed by atoms with Gasteiger partial charge in [-0.1, -0.05) is 141 Å². The molecule has 0 bridgehead atoms. The Morgan fingerprint density at radius 1 is 0.842 bits per heavy atom. The number of hydrogen-bond acceptors (Lipinski definition) is 2.